The Balaban J connectivity index is 1.87. The van der Waals surface area contributed by atoms with Gasteiger partial charge in [-0.2, -0.15) is 13.2 Å². The number of benzene rings is 1. The van der Waals surface area contributed by atoms with E-state index in [1.54, 1.807) is 0 Å². The molecule has 1 saturated carbocycles. The fourth-order valence-corrected chi connectivity index (χ4v) is 2.26. The minimum atomic E-state index is -4.58. The molecule has 1 amide bonds. The van der Waals surface area contributed by atoms with Gasteiger partial charge in [-0.05, 0) is 31.4 Å². The van der Waals surface area contributed by atoms with E-state index in [1.165, 1.54) is 30.6 Å². The first kappa shape index (κ1) is 16.2. The maximum absolute atomic E-state index is 13.0. The van der Waals surface area contributed by atoms with Gasteiger partial charge in [0.05, 0.1) is 5.56 Å². The molecule has 0 atom stereocenters. The molecule has 2 aromatic rings. The van der Waals surface area contributed by atoms with Gasteiger partial charge in [-0.15, -0.1) is 0 Å². The molecule has 126 valence electrons. The number of carbonyl (C=O) groups excluding carboxylic acids is 1. The minimum absolute atomic E-state index is 0.0646. The Hall–Kier alpha value is -2.64. The van der Waals surface area contributed by atoms with Gasteiger partial charge >= 0.3 is 6.18 Å². The summed E-state index contributed by atoms with van der Waals surface area (Å²) in [6, 6.07) is 4.81. The Morgan fingerprint density at radius 3 is 2.54 bits per heavy atom. The number of rotatable bonds is 4. The highest BCUT2D eigenvalue weighted by Gasteiger charge is 2.34. The summed E-state index contributed by atoms with van der Waals surface area (Å²) in [7, 11) is 0. The molecule has 0 saturated heterocycles. The number of carbonyl (C=O) groups is 1. The van der Waals surface area contributed by atoms with Gasteiger partial charge in [0.25, 0.3) is 11.8 Å². The molecule has 1 aromatic heterocycles. The summed E-state index contributed by atoms with van der Waals surface area (Å²) in [4.78, 5) is 20.0. The standard InChI is InChI=1S/C16H14F3N3O2/c17-16(18,19)11-6-1-2-7-12(11)24-15-13(20-8-9-21-15)14(23)22-10-4-3-5-10/h1-2,6-10H,3-5H2,(H,22,23). The van der Waals surface area contributed by atoms with Crippen molar-refractivity contribution in [3.63, 3.8) is 0 Å². The molecule has 8 heteroatoms. The Morgan fingerprint density at radius 2 is 1.88 bits per heavy atom. The molecule has 1 fully saturated rings. The molecule has 1 aromatic carbocycles. The van der Waals surface area contributed by atoms with Crippen molar-refractivity contribution in [1.29, 1.82) is 0 Å². The summed E-state index contributed by atoms with van der Waals surface area (Å²) in [6.07, 6.45) is 0.753. The lowest BCUT2D eigenvalue weighted by atomic mass is 9.93. The number of para-hydroxylation sites is 1. The molecule has 1 aliphatic carbocycles. The molecule has 0 unspecified atom stereocenters. The number of ether oxygens (including phenoxy) is 1. The van der Waals surface area contributed by atoms with E-state index in [9.17, 15) is 18.0 Å². The van der Waals surface area contributed by atoms with Gasteiger partial charge in [0.1, 0.15) is 5.75 Å². The van der Waals surface area contributed by atoms with Crippen LogP contribution in [0.15, 0.2) is 36.7 Å². The lowest BCUT2D eigenvalue weighted by molar-refractivity contribution is -0.138. The smallest absolute Gasteiger partial charge is 0.419 e. The molecule has 0 radical (unpaired) electrons. The predicted molar refractivity (Wildman–Crippen MR) is 78.7 cm³/mol. The zero-order chi connectivity index (χ0) is 17.2. The van der Waals surface area contributed by atoms with Crippen molar-refractivity contribution in [3.8, 4) is 11.6 Å². The first-order valence-corrected chi connectivity index (χ1v) is 7.41. The highest BCUT2D eigenvalue weighted by molar-refractivity contribution is 5.94. The van der Waals surface area contributed by atoms with E-state index in [0.717, 1.165) is 25.3 Å². The highest BCUT2D eigenvalue weighted by atomic mass is 19.4. The largest absolute Gasteiger partial charge is 0.436 e. The maximum atomic E-state index is 13.0. The average Bonchev–Trinajstić information content (AvgIpc) is 2.51. The van der Waals surface area contributed by atoms with E-state index in [4.69, 9.17) is 4.74 Å². The number of aromatic nitrogens is 2. The second-order valence-electron chi connectivity index (χ2n) is 5.41. The molecule has 0 spiro atoms. The summed E-state index contributed by atoms with van der Waals surface area (Å²) in [5, 5.41) is 2.76. The Labute approximate surface area is 135 Å². The molecule has 3 rings (SSSR count). The van der Waals surface area contributed by atoms with Crippen molar-refractivity contribution in [1.82, 2.24) is 15.3 Å². The van der Waals surface area contributed by atoms with Crippen molar-refractivity contribution in [2.24, 2.45) is 0 Å². The predicted octanol–water partition coefficient (Wildman–Crippen LogP) is 3.57. The molecule has 24 heavy (non-hydrogen) atoms. The van der Waals surface area contributed by atoms with E-state index in [2.05, 4.69) is 15.3 Å². The molecule has 1 aliphatic rings. The topological polar surface area (TPSA) is 64.1 Å². The SMILES string of the molecule is O=C(NC1CCC1)c1nccnc1Oc1ccccc1C(F)(F)F. The normalized spacial score (nSPS) is 14.8. The second kappa shape index (κ2) is 6.46. The van der Waals surface area contributed by atoms with E-state index < -0.39 is 23.4 Å². The summed E-state index contributed by atoms with van der Waals surface area (Å²) >= 11 is 0. The van der Waals surface area contributed by atoms with Gasteiger partial charge in [0.15, 0.2) is 5.69 Å². The number of alkyl halides is 3. The van der Waals surface area contributed by atoms with Crippen LogP contribution >= 0.6 is 0 Å². The average molecular weight is 337 g/mol. The van der Waals surface area contributed by atoms with Crippen molar-refractivity contribution < 1.29 is 22.7 Å². The Morgan fingerprint density at radius 1 is 1.17 bits per heavy atom. The lowest BCUT2D eigenvalue weighted by Gasteiger charge is -2.26. The Kier molecular flexibility index (Phi) is 4.37. The third kappa shape index (κ3) is 3.47. The van der Waals surface area contributed by atoms with Crippen LogP contribution in [0.1, 0.15) is 35.3 Å². The van der Waals surface area contributed by atoms with E-state index in [1.807, 2.05) is 0 Å². The first-order chi connectivity index (χ1) is 11.4. The molecular weight excluding hydrogens is 323 g/mol. The molecule has 0 bridgehead atoms. The quantitative estimate of drug-likeness (QED) is 0.926. The number of hydrogen-bond acceptors (Lipinski definition) is 4. The first-order valence-electron chi connectivity index (χ1n) is 7.41. The van der Waals surface area contributed by atoms with Crippen molar-refractivity contribution in [2.75, 3.05) is 0 Å². The summed E-state index contributed by atoms with van der Waals surface area (Å²) < 4.78 is 44.4. The van der Waals surface area contributed by atoms with Crippen molar-refractivity contribution in [3.05, 3.63) is 47.9 Å². The number of amides is 1. The fraction of sp³-hybridized carbons (Fsp3) is 0.312. The van der Waals surface area contributed by atoms with Crippen molar-refractivity contribution >= 4 is 5.91 Å². The molecule has 0 aliphatic heterocycles. The van der Waals surface area contributed by atoms with Crippen LogP contribution in [0.5, 0.6) is 11.6 Å². The van der Waals surface area contributed by atoms with Crippen LogP contribution in [0.3, 0.4) is 0 Å². The van der Waals surface area contributed by atoms with Crippen LogP contribution in [0.4, 0.5) is 13.2 Å². The lowest BCUT2D eigenvalue weighted by Crippen LogP contribution is -2.40. The third-order valence-electron chi connectivity index (χ3n) is 3.72. The molecule has 1 heterocycles. The summed E-state index contributed by atoms with van der Waals surface area (Å²) in [5.41, 5.74) is -1.08. The Bertz CT molecular complexity index is 745. The number of nitrogens with zero attached hydrogens (tertiary/aromatic N) is 2. The third-order valence-corrected chi connectivity index (χ3v) is 3.72. The molecule has 5 nitrogen and oxygen atoms in total. The van der Waals surface area contributed by atoms with Crippen LogP contribution in [-0.2, 0) is 6.18 Å². The summed E-state index contributed by atoms with van der Waals surface area (Å²) in [5.74, 6) is -1.19. The van der Waals surface area contributed by atoms with Gasteiger partial charge in [-0.1, -0.05) is 12.1 Å². The van der Waals surface area contributed by atoms with Crippen LogP contribution < -0.4 is 10.1 Å². The van der Waals surface area contributed by atoms with Gasteiger partial charge in [0, 0.05) is 18.4 Å². The monoisotopic (exact) mass is 337 g/mol. The van der Waals surface area contributed by atoms with Crippen LogP contribution in [-0.4, -0.2) is 21.9 Å². The van der Waals surface area contributed by atoms with Gasteiger partial charge in [-0.25, -0.2) is 9.97 Å². The number of halogens is 3. The molecule has 1 N–H and O–H groups in total. The van der Waals surface area contributed by atoms with Gasteiger partial charge < -0.3 is 10.1 Å². The van der Waals surface area contributed by atoms with Crippen LogP contribution in [0, 0.1) is 0 Å². The highest BCUT2D eigenvalue weighted by Crippen LogP contribution is 2.37. The fourth-order valence-electron chi connectivity index (χ4n) is 2.26. The summed E-state index contributed by atoms with van der Waals surface area (Å²) in [6.45, 7) is 0. The molecular formula is C16H14F3N3O2. The van der Waals surface area contributed by atoms with E-state index in [-0.39, 0.29) is 17.6 Å². The van der Waals surface area contributed by atoms with E-state index in [0.29, 0.717) is 0 Å². The maximum Gasteiger partial charge on any atom is 0.419 e. The van der Waals surface area contributed by atoms with Crippen molar-refractivity contribution in [2.45, 2.75) is 31.5 Å². The second-order valence-corrected chi connectivity index (χ2v) is 5.41. The minimum Gasteiger partial charge on any atom is -0.436 e. The van der Waals surface area contributed by atoms with Crippen LogP contribution in [0.2, 0.25) is 0 Å². The zero-order valence-corrected chi connectivity index (χ0v) is 12.5. The van der Waals surface area contributed by atoms with Crippen LogP contribution in [0.25, 0.3) is 0 Å². The van der Waals surface area contributed by atoms with E-state index >= 15 is 0 Å². The van der Waals surface area contributed by atoms with Gasteiger partial charge in [0.2, 0.25) is 0 Å². The zero-order valence-electron chi connectivity index (χ0n) is 12.5. The number of nitrogens with one attached hydrogen (secondary N) is 1. The van der Waals surface area contributed by atoms with Gasteiger partial charge in [-0.3, -0.25) is 4.79 Å². The number of hydrogen-bond donors (Lipinski definition) is 1.